The number of hydrogen-bond acceptors (Lipinski definition) is 7. The number of aromatic amines is 1. The number of imidazole rings is 1. The van der Waals surface area contributed by atoms with Crippen molar-refractivity contribution in [1.29, 1.82) is 0 Å². The van der Waals surface area contributed by atoms with Crippen molar-refractivity contribution in [3.63, 3.8) is 0 Å². The number of hydrogen-bond donors (Lipinski definition) is 4. The second kappa shape index (κ2) is 12.4. The lowest BCUT2D eigenvalue weighted by Crippen LogP contribution is -2.21. The maximum atomic E-state index is 10.6. The van der Waals surface area contributed by atoms with E-state index in [0.717, 1.165) is 52.2 Å². The van der Waals surface area contributed by atoms with Crippen molar-refractivity contribution in [3.8, 4) is 22.5 Å². The smallest absolute Gasteiger partial charge is 0.475 e. The Bertz CT molecular complexity index is 1220. The molecule has 0 saturated carbocycles. The molecular weight excluding hydrogens is 556 g/mol. The van der Waals surface area contributed by atoms with Crippen LogP contribution in [0.3, 0.4) is 0 Å². The number of rotatable bonds is 2. The molecule has 210 valence electrons. The molecule has 2 aliphatic heterocycles. The molecule has 1 saturated heterocycles. The van der Waals surface area contributed by atoms with Gasteiger partial charge in [0.15, 0.2) is 0 Å². The first kappa shape index (κ1) is 29.7. The quantitative estimate of drug-likeness (QED) is 0.226. The van der Waals surface area contributed by atoms with E-state index in [4.69, 9.17) is 24.8 Å². The molecule has 1 fully saturated rings. The van der Waals surface area contributed by atoms with E-state index in [1.165, 1.54) is 24.3 Å². The van der Waals surface area contributed by atoms with Gasteiger partial charge in [0.1, 0.15) is 17.3 Å². The highest BCUT2D eigenvalue weighted by Crippen LogP contribution is 2.42. The van der Waals surface area contributed by atoms with Crippen LogP contribution in [0, 0.1) is 5.92 Å². The first-order chi connectivity index (χ1) is 18.3. The molecule has 16 heteroatoms. The molecule has 5 heterocycles. The summed E-state index contributed by atoms with van der Waals surface area (Å²) in [6.45, 7) is 0. The van der Waals surface area contributed by atoms with Crippen molar-refractivity contribution >= 4 is 35.2 Å². The topological polar surface area (TPSA) is 141 Å². The minimum atomic E-state index is -5.08. The summed E-state index contributed by atoms with van der Waals surface area (Å²) < 4.78 is 63.5. The number of alkyl halides is 6. The van der Waals surface area contributed by atoms with E-state index in [-0.39, 0.29) is 0 Å². The zero-order valence-electron chi connectivity index (χ0n) is 19.8. The molecule has 0 unspecified atom stereocenters. The van der Waals surface area contributed by atoms with Crippen LogP contribution in [0.1, 0.15) is 18.7 Å². The Hall–Kier alpha value is -3.82. The molecule has 0 spiro atoms. The molecule has 0 aromatic carbocycles. The highest BCUT2D eigenvalue weighted by Gasteiger charge is 2.38. The first-order valence-corrected chi connectivity index (χ1v) is 12.4. The maximum Gasteiger partial charge on any atom is 0.490 e. The fraction of sp³-hybridized carbons (Fsp3) is 0.348. The Morgan fingerprint density at radius 2 is 1.59 bits per heavy atom. The van der Waals surface area contributed by atoms with Crippen molar-refractivity contribution in [2.45, 2.75) is 31.6 Å². The van der Waals surface area contributed by atoms with Crippen LogP contribution in [0.5, 0.6) is 0 Å². The van der Waals surface area contributed by atoms with Crippen molar-refractivity contribution in [1.82, 2.24) is 19.9 Å². The summed E-state index contributed by atoms with van der Waals surface area (Å²) in [7, 11) is 0. The van der Waals surface area contributed by atoms with Gasteiger partial charge >= 0.3 is 24.3 Å². The minimum absolute atomic E-state index is 0.736. The summed E-state index contributed by atoms with van der Waals surface area (Å²) in [6, 6.07) is 6.08. The van der Waals surface area contributed by atoms with E-state index in [9.17, 15) is 26.3 Å². The third-order valence-corrected chi connectivity index (χ3v) is 6.52. The monoisotopic (exact) mass is 577 g/mol. The van der Waals surface area contributed by atoms with Gasteiger partial charge in [0.25, 0.3) is 0 Å². The van der Waals surface area contributed by atoms with Gasteiger partial charge in [-0.3, -0.25) is 4.98 Å². The average Bonchev–Trinajstić information content (AvgIpc) is 3.23. The molecule has 2 aliphatic rings. The number of H-pyrrole nitrogens is 1. The number of pyridine rings is 2. The van der Waals surface area contributed by atoms with Crippen molar-refractivity contribution in [2.24, 2.45) is 5.92 Å². The molecule has 0 amide bonds. The number of halogens is 6. The summed E-state index contributed by atoms with van der Waals surface area (Å²) in [5.74, 6) is -0.310. The lowest BCUT2D eigenvalue weighted by atomic mass is 9.99. The molecule has 4 N–H and O–H groups in total. The third-order valence-electron chi connectivity index (χ3n) is 5.47. The van der Waals surface area contributed by atoms with E-state index < -0.39 is 24.3 Å². The standard InChI is InChI=1S/C19H19N5S.2C2HF3O2/c1-2-14-18-17(23-16(24-18)10-12-4-8-25-9-5-12)13-3-7-20-11-15(13)22-19(14)21-6-1;2*3-2(4,5)1(6)7/h1-3,6-7,11-12H,4-5,8-10H2,(H,21,22)(H,23,24);2*(H,6,7). The number of nitrogens with one attached hydrogen (secondary N) is 2. The number of aromatic nitrogens is 4. The third kappa shape index (κ3) is 8.08. The first-order valence-electron chi connectivity index (χ1n) is 11.2. The molecule has 39 heavy (non-hydrogen) atoms. The second-order valence-corrected chi connectivity index (χ2v) is 9.44. The minimum Gasteiger partial charge on any atom is -0.475 e. The van der Waals surface area contributed by atoms with Crippen LogP contribution in [0.4, 0.5) is 37.8 Å². The zero-order valence-corrected chi connectivity index (χ0v) is 20.6. The van der Waals surface area contributed by atoms with Crippen molar-refractivity contribution in [3.05, 3.63) is 42.6 Å². The van der Waals surface area contributed by atoms with Gasteiger partial charge in [0.05, 0.1) is 17.6 Å². The lowest BCUT2D eigenvalue weighted by molar-refractivity contribution is -0.193. The number of carboxylic acids is 2. The van der Waals surface area contributed by atoms with E-state index in [1.54, 1.807) is 6.20 Å². The number of thioether (sulfide) groups is 1. The van der Waals surface area contributed by atoms with Gasteiger partial charge in [-0.2, -0.15) is 38.1 Å². The molecule has 3 aromatic heterocycles. The number of aliphatic carboxylic acids is 2. The average molecular weight is 578 g/mol. The molecule has 0 aliphatic carbocycles. The van der Waals surface area contributed by atoms with Gasteiger partial charge in [-0.15, -0.1) is 0 Å². The fourth-order valence-corrected chi connectivity index (χ4v) is 4.87. The summed E-state index contributed by atoms with van der Waals surface area (Å²) in [6.07, 6.45) is -1.09. The molecular formula is C23H21F6N5O4S. The van der Waals surface area contributed by atoms with Crippen LogP contribution in [0.25, 0.3) is 22.5 Å². The lowest BCUT2D eigenvalue weighted by Gasteiger charge is -2.20. The van der Waals surface area contributed by atoms with Crippen LogP contribution in [-0.2, 0) is 16.0 Å². The highest BCUT2D eigenvalue weighted by molar-refractivity contribution is 7.99. The predicted octanol–water partition coefficient (Wildman–Crippen LogP) is 5.54. The SMILES string of the molecule is O=C(O)C(F)(F)F.O=C(O)C(F)(F)F.c1cnc2c(c1)-c1nc(CC3CCSCC3)[nH]c1-c1ccncc1N2. The Morgan fingerprint density at radius 3 is 2.18 bits per heavy atom. The number of carbonyl (C=O) groups is 2. The molecule has 0 bridgehead atoms. The fourth-order valence-electron chi connectivity index (χ4n) is 3.67. The molecule has 9 nitrogen and oxygen atoms in total. The molecule has 0 radical (unpaired) electrons. The van der Waals surface area contributed by atoms with E-state index in [0.29, 0.717) is 0 Å². The van der Waals surface area contributed by atoms with Crippen LogP contribution >= 0.6 is 11.8 Å². The highest BCUT2D eigenvalue weighted by atomic mass is 32.2. The normalized spacial score (nSPS) is 14.5. The molecule has 0 atom stereocenters. The van der Waals surface area contributed by atoms with Gasteiger partial charge in [0, 0.05) is 29.9 Å². The number of anilines is 2. The number of carboxylic acid groups (broad SMARTS) is 2. The van der Waals surface area contributed by atoms with Gasteiger partial charge in [-0.1, -0.05) is 0 Å². The van der Waals surface area contributed by atoms with Crippen LogP contribution in [0.15, 0.2) is 36.8 Å². The summed E-state index contributed by atoms with van der Waals surface area (Å²) in [5, 5.41) is 17.7. The van der Waals surface area contributed by atoms with Gasteiger partial charge in [-0.05, 0) is 48.5 Å². The van der Waals surface area contributed by atoms with Crippen LogP contribution in [-0.4, -0.2) is 65.9 Å². The van der Waals surface area contributed by atoms with Gasteiger partial charge in [-0.25, -0.2) is 19.6 Å². The molecule has 3 aromatic rings. The van der Waals surface area contributed by atoms with Crippen LogP contribution < -0.4 is 5.32 Å². The summed E-state index contributed by atoms with van der Waals surface area (Å²) >= 11 is 2.07. The molecule has 5 rings (SSSR count). The number of fused-ring (bicyclic) bond motifs is 5. The zero-order chi connectivity index (χ0) is 28.8. The second-order valence-electron chi connectivity index (χ2n) is 8.22. The Labute approximate surface area is 221 Å². The van der Waals surface area contributed by atoms with E-state index in [1.807, 2.05) is 24.5 Å². The van der Waals surface area contributed by atoms with Gasteiger partial charge < -0.3 is 20.5 Å². The largest absolute Gasteiger partial charge is 0.490 e. The summed E-state index contributed by atoms with van der Waals surface area (Å²) in [4.78, 5) is 35.1. The summed E-state index contributed by atoms with van der Waals surface area (Å²) in [5.41, 5.74) is 5.15. The van der Waals surface area contributed by atoms with Crippen LogP contribution in [0.2, 0.25) is 0 Å². The van der Waals surface area contributed by atoms with Gasteiger partial charge in [0.2, 0.25) is 0 Å². The van der Waals surface area contributed by atoms with Crippen molar-refractivity contribution < 1.29 is 46.1 Å². The number of nitrogens with zero attached hydrogens (tertiary/aromatic N) is 3. The van der Waals surface area contributed by atoms with Crippen molar-refractivity contribution in [2.75, 3.05) is 16.8 Å². The predicted molar refractivity (Wildman–Crippen MR) is 129 cm³/mol. The maximum absolute atomic E-state index is 10.6. The Morgan fingerprint density at radius 1 is 0.974 bits per heavy atom. The Balaban J connectivity index is 0.000000251. The Kier molecular flexibility index (Phi) is 9.42. The van der Waals surface area contributed by atoms with E-state index in [2.05, 4.69) is 38.1 Å². The van der Waals surface area contributed by atoms with E-state index >= 15 is 0 Å².